The van der Waals surface area contributed by atoms with Crippen molar-refractivity contribution in [3.8, 4) is 33.4 Å². The number of H-pyrrole nitrogens is 2. The van der Waals surface area contributed by atoms with Crippen LogP contribution in [0.4, 0.5) is 0 Å². The van der Waals surface area contributed by atoms with Crippen LogP contribution < -0.4 is 0 Å². The summed E-state index contributed by atoms with van der Waals surface area (Å²) in [7, 11) is 0. The van der Waals surface area contributed by atoms with E-state index >= 15 is 0 Å². The van der Waals surface area contributed by atoms with Crippen LogP contribution in [0.3, 0.4) is 0 Å². The average Bonchev–Trinajstić information content (AvgIpc) is 3.94. The molecule has 5 heteroatoms. The molecule has 0 aliphatic carbocycles. The molecule has 0 spiro atoms. The molecule has 2 aliphatic rings. The minimum absolute atomic E-state index is 0. The van der Waals surface area contributed by atoms with Crippen molar-refractivity contribution in [3.63, 3.8) is 0 Å². The van der Waals surface area contributed by atoms with Gasteiger partial charge in [-0.3, -0.25) is 0 Å². The van der Waals surface area contributed by atoms with E-state index in [1.807, 2.05) is 0 Å². The molecule has 4 nitrogen and oxygen atoms in total. The summed E-state index contributed by atoms with van der Waals surface area (Å²) in [5, 5.41) is 0. The van der Waals surface area contributed by atoms with Gasteiger partial charge in [-0.2, -0.15) is 0 Å². The molecule has 0 saturated heterocycles. The summed E-state index contributed by atoms with van der Waals surface area (Å²) in [5.41, 5.74) is 16.3. The predicted octanol–water partition coefficient (Wildman–Crippen LogP) is 11.1. The molecule has 0 saturated carbocycles. The Labute approximate surface area is 294 Å². The summed E-state index contributed by atoms with van der Waals surface area (Å²) in [6.45, 7) is 0. The fraction of sp³-hybridized carbons (Fsp3) is 0. The maximum Gasteiger partial charge on any atom is 0.0815 e. The number of hydrogen-bond acceptors (Lipinski definition) is 2. The van der Waals surface area contributed by atoms with Crippen molar-refractivity contribution in [2.45, 2.75) is 0 Å². The summed E-state index contributed by atoms with van der Waals surface area (Å²) in [6, 6.07) is 53.0. The summed E-state index contributed by atoms with van der Waals surface area (Å²) in [6.07, 6.45) is 6.35. The maximum atomic E-state index is 5.42. The van der Waals surface area contributed by atoms with Gasteiger partial charge in [0.2, 0.25) is 0 Å². The second-order valence-electron chi connectivity index (χ2n) is 12.0. The Bertz CT molecular complexity index is 2530. The number of rotatable bonds is 4. The topological polar surface area (TPSA) is 57.4 Å². The van der Waals surface area contributed by atoms with E-state index in [4.69, 9.17) is 9.97 Å². The first-order valence-electron chi connectivity index (χ1n) is 16.2. The molecule has 0 amide bonds. The summed E-state index contributed by atoms with van der Waals surface area (Å²) in [4.78, 5) is 17.9. The van der Waals surface area contributed by atoms with Crippen molar-refractivity contribution < 1.29 is 16.8 Å². The second-order valence-corrected chi connectivity index (χ2v) is 12.0. The van der Waals surface area contributed by atoms with Gasteiger partial charge in [-0.05, 0) is 70.8 Å². The molecule has 7 aromatic rings. The van der Waals surface area contributed by atoms with Crippen LogP contribution in [-0.2, 0) is 16.8 Å². The van der Waals surface area contributed by atoms with E-state index in [-0.39, 0.29) is 16.8 Å². The fourth-order valence-electron chi connectivity index (χ4n) is 6.78. The fourth-order valence-corrected chi connectivity index (χ4v) is 6.78. The van der Waals surface area contributed by atoms with E-state index in [0.717, 1.165) is 89.4 Å². The number of nitrogens with one attached hydrogen (secondary N) is 2. The SMILES string of the molecule is C1=Cc2cc3[nH]c(c(-c4ccccc4)c4nc(cc5ccc(cc1n2)[nH]5)C=C4c1ccccc1)c(-c1ccccc1)c3-c1ccccc1.[Co]. The number of aromatic amines is 2. The third-order valence-electron chi connectivity index (χ3n) is 8.89. The van der Waals surface area contributed by atoms with Gasteiger partial charge >= 0.3 is 0 Å². The zero-order chi connectivity index (χ0) is 31.9. The zero-order valence-electron chi connectivity index (χ0n) is 26.4. The Morgan fingerprint density at radius 1 is 0.408 bits per heavy atom. The van der Waals surface area contributed by atoms with E-state index in [0.29, 0.717) is 0 Å². The van der Waals surface area contributed by atoms with Crippen LogP contribution in [0, 0.1) is 0 Å². The van der Waals surface area contributed by atoms with Crippen molar-refractivity contribution in [1.29, 1.82) is 0 Å². The Hall–Kier alpha value is -6.01. The van der Waals surface area contributed by atoms with Gasteiger partial charge in [-0.1, -0.05) is 121 Å². The van der Waals surface area contributed by atoms with E-state index in [1.54, 1.807) is 0 Å². The minimum atomic E-state index is 0. The number of aromatic nitrogens is 4. The molecule has 5 heterocycles. The number of nitrogens with zero attached hydrogens (tertiary/aromatic N) is 2. The largest absolute Gasteiger partial charge is 0.355 e. The Morgan fingerprint density at radius 2 is 0.898 bits per heavy atom. The van der Waals surface area contributed by atoms with Crippen molar-refractivity contribution in [2.24, 2.45) is 0 Å². The van der Waals surface area contributed by atoms with Gasteiger partial charge in [0.1, 0.15) is 0 Å². The number of hydrogen-bond donors (Lipinski definition) is 2. The molecule has 235 valence electrons. The van der Waals surface area contributed by atoms with Gasteiger partial charge in [0, 0.05) is 55.6 Å². The van der Waals surface area contributed by atoms with E-state index in [1.165, 1.54) is 0 Å². The number of fused-ring (bicyclic) bond motifs is 8. The minimum Gasteiger partial charge on any atom is -0.355 e. The molecule has 0 unspecified atom stereocenters. The monoisotopic (exact) mass is 673 g/mol. The second kappa shape index (κ2) is 12.9. The van der Waals surface area contributed by atoms with Gasteiger partial charge in [0.05, 0.1) is 28.3 Å². The van der Waals surface area contributed by atoms with Gasteiger partial charge in [-0.25, -0.2) is 9.97 Å². The van der Waals surface area contributed by atoms with E-state index in [9.17, 15) is 0 Å². The van der Waals surface area contributed by atoms with Gasteiger partial charge in [0.15, 0.2) is 0 Å². The molecular formula is C44H30CoN4. The van der Waals surface area contributed by atoms with Crippen molar-refractivity contribution in [2.75, 3.05) is 0 Å². The summed E-state index contributed by atoms with van der Waals surface area (Å²) >= 11 is 0. The van der Waals surface area contributed by atoms with Crippen LogP contribution in [0.1, 0.15) is 28.3 Å². The molecule has 3 aromatic heterocycles. The standard InChI is InChI=1S/C44H30N4.Co/c1-5-13-29(14-6-1)38-27-37-26-35-22-21-33(45-35)25-34-23-24-36(46-34)28-39-40(30-15-7-2-8-16-30)41(31-17-9-3-10-18-31)44(48-39)42(43(38)47-37)32-19-11-4-12-20-32;/h1-28,45,48H;. The molecule has 0 fully saturated rings. The molecule has 9 rings (SSSR count). The average molecular weight is 674 g/mol. The van der Waals surface area contributed by atoms with Gasteiger partial charge in [0.25, 0.3) is 0 Å². The van der Waals surface area contributed by atoms with Gasteiger partial charge in [-0.15, -0.1) is 0 Å². The normalized spacial score (nSPS) is 12.0. The molecule has 0 atom stereocenters. The van der Waals surface area contributed by atoms with Crippen LogP contribution in [0.2, 0.25) is 0 Å². The smallest absolute Gasteiger partial charge is 0.0815 e. The van der Waals surface area contributed by atoms with Crippen LogP contribution in [-0.4, -0.2) is 19.9 Å². The Balaban J connectivity index is 0.00000348. The predicted molar refractivity (Wildman–Crippen MR) is 200 cm³/mol. The summed E-state index contributed by atoms with van der Waals surface area (Å²) < 4.78 is 0. The molecule has 2 aliphatic heterocycles. The van der Waals surface area contributed by atoms with Crippen LogP contribution in [0.25, 0.3) is 79.2 Å². The van der Waals surface area contributed by atoms with Crippen molar-refractivity contribution in [3.05, 3.63) is 180 Å². The first kappa shape index (κ1) is 30.3. The van der Waals surface area contributed by atoms with Crippen LogP contribution in [0.5, 0.6) is 0 Å². The molecule has 2 N–H and O–H groups in total. The van der Waals surface area contributed by atoms with Gasteiger partial charge < -0.3 is 9.97 Å². The van der Waals surface area contributed by atoms with Crippen LogP contribution >= 0.6 is 0 Å². The van der Waals surface area contributed by atoms with Crippen LogP contribution in [0.15, 0.2) is 152 Å². The first-order chi connectivity index (χ1) is 23.8. The summed E-state index contributed by atoms with van der Waals surface area (Å²) in [5.74, 6) is 0. The van der Waals surface area contributed by atoms with Crippen molar-refractivity contribution >= 4 is 45.9 Å². The quantitative estimate of drug-likeness (QED) is 0.195. The van der Waals surface area contributed by atoms with E-state index in [2.05, 4.69) is 180 Å². The van der Waals surface area contributed by atoms with Crippen molar-refractivity contribution in [1.82, 2.24) is 19.9 Å². The third-order valence-corrected chi connectivity index (χ3v) is 8.89. The molecule has 49 heavy (non-hydrogen) atoms. The molecule has 4 aromatic carbocycles. The van der Waals surface area contributed by atoms with E-state index < -0.39 is 0 Å². The Morgan fingerprint density at radius 3 is 1.49 bits per heavy atom. The maximum absolute atomic E-state index is 5.42. The molecule has 8 bridgehead atoms. The molecule has 1 radical (unpaired) electrons. The number of benzene rings is 4. The molecular weight excluding hydrogens is 643 g/mol. The zero-order valence-corrected chi connectivity index (χ0v) is 27.4. The third kappa shape index (κ3) is 5.76. The first-order valence-corrected chi connectivity index (χ1v) is 16.2. The Kier molecular flexibility index (Phi) is 7.98.